The van der Waals surface area contributed by atoms with E-state index >= 15 is 0 Å². The van der Waals surface area contributed by atoms with Gasteiger partial charge in [-0.25, -0.2) is 9.78 Å². The monoisotopic (exact) mass is 302 g/mol. The Kier molecular flexibility index (Phi) is 3.92. The fraction of sp³-hybridized carbons (Fsp3) is 0.375. The van der Waals surface area contributed by atoms with Gasteiger partial charge in [0.1, 0.15) is 11.4 Å². The van der Waals surface area contributed by atoms with Gasteiger partial charge in [-0.05, 0) is 48.8 Å². The molecule has 1 aliphatic carbocycles. The van der Waals surface area contributed by atoms with Gasteiger partial charge in [0.25, 0.3) is 0 Å². The van der Waals surface area contributed by atoms with Crippen LogP contribution in [0.5, 0.6) is 0 Å². The van der Waals surface area contributed by atoms with Gasteiger partial charge in [0.15, 0.2) is 0 Å². The van der Waals surface area contributed by atoms with E-state index in [2.05, 4.69) is 23.3 Å². The number of hydrogen-bond acceptors (Lipinski definition) is 4. The van der Waals surface area contributed by atoms with Crippen LogP contribution in [0.4, 0.5) is 5.82 Å². The van der Waals surface area contributed by atoms with Crippen molar-refractivity contribution in [2.75, 3.05) is 5.32 Å². The van der Waals surface area contributed by atoms with Crippen LogP contribution in [-0.2, 0) is 12.8 Å². The van der Waals surface area contributed by atoms with Crippen molar-refractivity contribution in [2.24, 2.45) is 0 Å². The van der Waals surface area contributed by atoms with E-state index in [4.69, 9.17) is 0 Å². The molecule has 2 N–H and O–H groups in total. The summed E-state index contributed by atoms with van der Waals surface area (Å²) in [6.45, 7) is 2.09. The first-order valence-electron chi connectivity index (χ1n) is 7.25. The second-order valence-corrected chi connectivity index (χ2v) is 6.25. The van der Waals surface area contributed by atoms with Crippen molar-refractivity contribution in [2.45, 2.75) is 38.6 Å². The van der Waals surface area contributed by atoms with Gasteiger partial charge in [-0.3, -0.25) is 0 Å². The van der Waals surface area contributed by atoms with Crippen LogP contribution < -0.4 is 5.32 Å². The van der Waals surface area contributed by atoms with Crippen molar-refractivity contribution in [3.05, 3.63) is 45.3 Å². The minimum Gasteiger partial charge on any atom is -0.478 e. The molecular formula is C16H18N2O2S. The van der Waals surface area contributed by atoms with Crippen LogP contribution >= 0.6 is 11.3 Å². The number of aromatic nitrogens is 1. The number of thiophene rings is 1. The molecule has 2 aromatic heterocycles. The van der Waals surface area contributed by atoms with Gasteiger partial charge in [0, 0.05) is 10.6 Å². The highest BCUT2D eigenvalue weighted by Crippen LogP contribution is 2.30. The van der Waals surface area contributed by atoms with Crippen molar-refractivity contribution in [3.8, 4) is 0 Å². The van der Waals surface area contributed by atoms with Crippen molar-refractivity contribution >= 4 is 23.1 Å². The Hall–Kier alpha value is -1.88. The molecule has 0 aromatic carbocycles. The number of carboxylic acids is 1. The molecule has 21 heavy (non-hydrogen) atoms. The topological polar surface area (TPSA) is 62.2 Å². The van der Waals surface area contributed by atoms with Crippen LogP contribution in [0.15, 0.2) is 23.6 Å². The number of fused-ring (bicyclic) bond motifs is 1. The van der Waals surface area contributed by atoms with Crippen molar-refractivity contribution < 1.29 is 9.90 Å². The fourth-order valence-electron chi connectivity index (χ4n) is 2.77. The Balaban J connectivity index is 1.95. The highest BCUT2D eigenvalue weighted by molar-refractivity contribution is 7.10. The summed E-state index contributed by atoms with van der Waals surface area (Å²) in [5.74, 6) is -0.413. The molecule has 1 unspecified atom stereocenters. The van der Waals surface area contributed by atoms with E-state index in [1.165, 1.54) is 4.88 Å². The molecule has 1 aliphatic rings. The minimum atomic E-state index is -0.916. The molecule has 0 fully saturated rings. The maximum Gasteiger partial charge on any atom is 0.339 e. The number of hydrogen-bond donors (Lipinski definition) is 2. The molecule has 2 aromatic rings. The zero-order chi connectivity index (χ0) is 14.8. The van der Waals surface area contributed by atoms with E-state index < -0.39 is 5.97 Å². The summed E-state index contributed by atoms with van der Waals surface area (Å²) in [5, 5.41) is 14.8. The first-order valence-corrected chi connectivity index (χ1v) is 8.13. The van der Waals surface area contributed by atoms with E-state index in [1.54, 1.807) is 17.4 Å². The van der Waals surface area contributed by atoms with E-state index in [1.807, 2.05) is 11.4 Å². The smallest absolute Gasteiger partial charge is 0.339 e. The number of nitrogens with zero attached hydrogens (tertiary/aromatic N) is 1. The molecule has 0 saturated heterocycles. The molecule has 3 rings (SSSR count). The van der Waals surface area contributed by atoms with Crippen LogP contribution in [0.1, 0.15) is 52.3 Å². The first kappa shape index (κ1) is 14.1. The van der Waals surface area contributed by atoms with E-state index in [0.717, 1.165) is 36.9 Å². The van der Waals surface area contributed by atoms with Crippen molar-refractivity contribution in [1.82, 2.24) is 4.98 Å². The minimum absolute atomic E-state index is 0.107. The number of nitrogens with one attached hydrogen (secondary N) is 1. The quantitative estimate of drug-likeness (QED) is 0.879. The second kappa shape index (κ2) is 5.85. The normalized spacial score (nSPS) is 14.7. The Bertz CT molecular complexity index is 653. The molecule has 0 bridgehead atoms. The maximum absolute atomic E-state index is 11.5. The standard InChI is InChI=1S/C16H18N2O2S/c1-2-12(14-7-4-8-21-14)17-15-11(16(19)20)9-10-5-3-6-13(10)18-15/h4,7-9,12H,2-3,5-6H2,1H3,(H,17,18)(H,19,20). The van der Waals surface area contributed by atoms with E-state index in [0.29, 0.717) is 5.82 Å². The number of anilines is 1. The molecule has 5 heteroatoms. The van der Waals surface area contributed by atoms with Gasteiger partial charge >= 0.3 is 5.97 Å². The molecule has 0 radical (unpaired) electrons. The van der Waals surface area contributed by atoms with Crippen LogP contribution in [0.25, 0.3) is 0 Å². The van der Waals surface area contributed by atoms with E-state index in [-0.39, 0.29) is 11.6 Å². The third kappa shape index (κ3) is 2.78. The summed E-state index contributed by atoms with van der Waals surface area (Å²) in [7, 11) is 0. The predicted octanol–water partition coefficient (Wildman–Crippen LogP) is 3.89. The molecule has 0 aliphatic heterocycles. The van der Waals surface area contributed by atoms with Crippen LogP contribution in [0.2, 0.25) is 0 Å². The molecule has 1 atom stereocenters. The Morgan fingerprint density at radius 3 is 3.05 bits per heavy atom. The summed E-state index contributed by atoms with van der Waals surface area (Å²) >= 11 is 1.68. The average molecular weight is 302 g/mol. The van der Waals surface area contributed by atoms with Crippen molar-refractivity contribution in [3.63, 3.8) is 0 Å². The lowest BCUT2D eigenvalue weighted by molar-refractivity contribution is 0.0697. The van der Waals surface area contributed by atoms with Crippen molar-refractivity contribution in [1.29, 1.82) is 0 Å². The third-order valence-corrected chi connectivity index (χ3v) is 4.87. The fourth-order valence-corrected chi connectivity index (χ4v) is 3.64. The lowest BCUT2D eigenvalue weighted by Gasteiger charge is -2.18. The lowest BCUT2D eigenvalue weighted by atomic mass is 10.1. The highest BCUT2D eigenvalue weighted by Gasteiger charge is 2.22. The molecule has 0 spiro atoms. The van der Waals surface area contributed by atoms with Gasteiger partial charge in [-0.1, -0.05) is 13.0 Å². The summed E-state index contributed by atoms with van der Waals surface area (Å²) < 4.78 is 0. The summed E-state index contributed by atoms with van der Waals surface area (Å²) in [6, 6.07) is 5.98. The van der Waals surface area contributed by atoms with Gasteiger partial charge in [-0.2, -0.15) is 0 Å². The largest absolute Gasteiger partial charge is 0.478 e. The molecule has 2 heterocycles. The Labute approximate surface area is 127 Å². The lowest BCUT2D eigenvalue weighted by Crippen LogP contribution is -2.14. The first-order chi connectivity index (χ1) is 10.2. The van der Waals surface area contributed by atoms with Gasteiger partial charge in [0.2, 0.25) is 0 Å². The van der Waals surface area contributed by atoms with Gasteiger partial charge < -0.3 is 10.4 Å². The van der Waals surface area contributed by atoms with Crippen LogP contribution in [0.3, 0.4) is 0 Å². The molecule has 4 nitrogen and oxygen atoms in total. The molecular weight excluding hydrogens is 284 g/mol. The number of rotatable bonds is 5. The van der Waals surface area contributed by atoms with E-state index in [9.17, 15) is 9.90 Å². The number of carboxylic acid groups (broad SMARTS) is 1. The third-order valence-electron chi connectivity index (χ3n) is 3.89. The molecule has 110 valence electrons. The maximum atomic E-state index is 11.5. The summed E-state index contributed by atoms with van der Waals surface area (Å²) in [4.78, 5) is 17.3. The molecule has 0 saturated carbocycles. The Morgan fingerprint density at radius 2 is 2.38 bits per heavy atom. The molecule has 0 amide bonds. The van der Waals surface area contributed by atoms with Crippen LogP contribution in [0, 0.1) is 0 Å². The summed E-state index contributed by atoms with van der Waals surface area (Å²) in [6.07, 6.45) is 3.83. The number of aryl methyl sites for hydroxylation is 2. The number of aromatic carboxylic acids is 1. The zero-order valence-electron chi connectivity index (χ0n) is 11.9. The van der Waals surface area contributed by atoms with Crippen LogP contribution in [-0.4, -0.2) is 16.1 Å². The number of pyridine rings is 1. The zero-order valence-corrected chi connectivity index (χ0v) is 12.7. The number of carbonyl (C=O) groups is 1. The second-order valence-electron chi connectivity index (χ2n) is 5.27. The van der Waals surface area contributed by atoms with Gasteiger partial charge in [0.05, 0.1) is 6.04 Å². The summed E-state index contributed by atoms with van der Waals surface area (Å²) in [5.41, 5.74) is 2.41. The van der Waals surface area contributed by atoms with Gasteiger partial charge in [-0.15, -0.1) is 11.3 Å². The highest BCUT2D eigenvalue weighted by atomic mass is 32.1. The predicted molar refractivity (Wildman–Crippen MR) is 84.2 cm³/mol. The average Bonchev–Trinajstić information content (AvgIpc) is 3.14. The Morgan fingerprint density at radius 1 is 1.52 bits per heavy atom. The SMILES string of the molecule is CCC(Nc1nc2c(cc1C(=O)O)CCC2)c1cccs1.